The Hall–Kier alpha value is -3.56. The lowest BCUT2D eigenvalue weighted by Gasteiger charge is -2.39. The average molecular weight is 497 g/mol. The largest absolute Gasteiger partial charge is 0.443 e. The number of rotatable bonds is 0. The fourth-order valence-electron chi connectivity index (χ4n) is 5.89. The van der Waals surface area contributed by atoms with E-state index in [1.807, 2.05) is 12.1 Å². The first-order chi connectivity index (χ1) is 16.6. The first kappa shape index (κ1) is 24.1. The van der Waals surface area contributed by atoms with Crippen LogP contribution in [0.4, 0.5) is 14.4 Å². The summed E-state index contributed by atoms with van der Waals surface area (Å²) in [6.45, 7) is 12.5. The third-order valence-corrected chi connectivity index (χ3v) is 7.32. The van der Waals surface area contributed by atoms with Crippen molar-refractivity contribution in [3.8, 4) is 0 Å². The summed E-state index contributed by atoms with van der Waals surface area (Å²) in [5, 5.41) is 6.57. The number of benzene rings is 1. The highest BCUT2D eigenvalue weighted by atomic mass is 16.6. The van der Waals surface area contributed by atoms with Crippen LogP contribution in [0.25, 0.3) is 10.9 Å². The van der Waals surface area contributed by atoms with Gasteiger partial charge in [0.2, 0.25) is 5.91 Å². The topological polar surface area (TPSA) is 119 Å². The molecular formula is C26H32N4O6. The molecular weight excluding hydrogens is 464 g/mol. The van der Waals surface area contributed by atoms with Crippen molar-refractivity contribution in [1.82, 2.24) is 20.1 Å². The smallest absolute Gasteiger partial charge is 0.419 e. The molecule has 2 fully saturated rings. The van der Waals surface area contributed by atoms with Crippen LogP contribution in [-0.2, 0) is 26.1 Å². The molecule has 10 heteroatoms. The van der Waals surface area contributed by atoms with E-state index in [2.05, 4.69) is 10.6 Å². The van der Waals surface area contributed by atoms with E-state index in [9.17, 15) is 19.2 Å². The Kier molecular flexibility index (Phi) is 4.86. The molecule has 0 saturated carbocycles. The Morgan fingerprint density at radius 1 is 1.03 bits per heavy atom. The number of ether oxygens (including phenoxy) is 2. The summed E-state index contributed by atoms with van der Waals surface area (Å²) < 4.78 is 12.7. The van der Waals surface area contributed by atoms with Crippen LogP contribution in [0.1, 0.15) is 59.6 Å². The van der Waals surface area contributed by atoms with Crippen LogP contribution >= 0.6 is 0 Å². The van der Waals surface area contributed by atoms with Gasteiger partial charge in [-0.2, -0.15) is 0 Å². The zero-order chi connectivity index (χ0) is 26.4. The highest BCUT2D eigenvalue weighted by Gasteiger charge is 2.72. The number of imide groups is 1. The predicted octanol–water partition coefficient (Wildman–Crippen LogP) is 3.44. The number of hydrogen-bond donors (Lipinski definition) is 2. The van der Waals surface area contributed by atoms with Crippen molar-refractivity contribution in [3.05, 3.63) is 35.5 Å². The minimum atomic E-state index is -1.31. The van der Waals surface area contributed by atoms with E-state index < -0.39 is 52.3 Å². The molecule has 0 radical (unpaired) electrons. The van der Waals surface area contributed by atoms with Gasteiger partial charge >= 0.3 is 18.2 Å². The van der Waals surface area contributed by atoms with Crippen molar-refractivity contribution < 1.29 is 28.7 Å². The van der Waals surface area contributed by atoms with E-state index in [1.165, 1.54) is 4.57 Å². The van der Waals surface area contributed by atoms with Gasteiger partial charge < -0.3 is 20.1 Å². The molecule has 10 nitrogen and oxygen atoms in total. The maximum Gasteiger partial charge on any atom is 0.419 e. The number of amides is 4. The molecule has 3 aliphatic rings. The van der Waals surface area contributed by atoms with Crippen LogP contribution in [-0.4, -0.2) is 62.9 Å². The van der Waals surface area contributed by atoms with Crippen LogP contribution in [0.5, 0.6) is 0 Å². The molecule has 2 saturated heterocycles. The number of fused-ring (bicyclic) bond motifs is 1. The van der Waals surface area contributed by atoms with Gasteiger partial charge in [-0.3, -0.25) is 9.36 Å². The number of urea groups is 1. The summed E-state index contributed by atoms with van der Waals surface area (Å²) in [4.78, 5) is 54.3. The number of carbonyl (C=O) groups is 4. The van der Waals surface area contributed by atoms with Crippen molar-refractivity contribution in [3.63, 3.8) is 0 Å². The molecule has 0 unspecified atom stereocenters. The van der Waals surface area contributed by atoms with Gasteiger partial charge in [0, 0.05) is 18.1 Å². The molecule has 5 rings (SSSR count). The molecule has 1 aromatic heterocycles. The van der Waals surface area contributed by atoms with Crippen molar-refractivity contribution >= 4 is 35.0 Å². The second-order valence-corrected chi connectivity index (χ2v) is 12.0. The van der Waals surface area contributed by atoms with Crippen molar-refractivity contribution in [2.24, 2.45) is 0 Å². The van der Waals surface area contributed by atoms with Crippen molar-refractivity contribution in [2.75, 3.05) is 6.54 Å². The zero-order valence-corrected chi connectivity index (χ0v) is 21.6. The fraction of sp³-hybridized carbons (Fsp3) is 0.538. The Bertz CT molecular complexity index is 1330. The highest BCUT2D eigenvalue weighted by molar-refractivity contribution is 6.08. The molecule has 1 spiro atoms. The number of carbonyl (C=O) groups excluding carboxylic acids is 4. The average Bonchev–Trinajstić information content (AvgIpc) is 3.33. The number of hydrogen-bond acceptors (Lipinski definition) is 6. The summed E-state index contributed by atoms with van der Waals surface area (Å²) in [6.07, 6.45) is 0.646. The van der Waals surface area contributed by atoms with E-state index in [4.69, 9.17) is 9.47 Å². The monoisotopic (exact) mass is 496 g/mol. The molecule has 2 bridgehead atoms. The SMILES string of the molecule is CC(C)(C)OC(=O)N1C(=O)[C@]2(C)c3cccc4c3c(cn4C(=O)OC(C)(C)C)C[C@H]1[C@]21CNC(=O)N1. The second kappa shape index (κ2) is 7.24. The van der Waals surface area contributed by atoms with Crippen LogP contribution < -0.4 is 10.6 Å². The lowest BCUT2D eigenvalue weighted by atomic mass is 9.66. The number of likely N-dealkylation sites (tertiary alicyclic amines) is 1. The van der Waals surface area contributed by atoms with E-state index in [1.54, 1.807) is 60.7 Å². The first-order valence-corrected chi connectivity index (χ1v) is 12.1. The van der Waals surface area contributed by atoms with E-state index in [-0.39, 0.29) is 13.0 Å². The van der Waals surface area contributed by atoms with Crippen LogP contribution in [0.2, 0.25) is 0 Å². The molecule has 2 aromatic rings. The predicted molar refractivity (Wildman–Crippen MR) is 131 cm³/mol. The summed E-state index contributed by atoms with van der Waals surface area (Å²) in [5.41, 5.74) is -1.90. The molecule has 36 heavy (non-hydrogen) atoms. The normalized spacial score (nSPS) is 27.2. The third kappa shape index (κ3) is 3.23. The second-order valence-electron chi connectivity index (χ2n) is 12.0. The summed E-state index contributed by atoms with van der Waals surface area (Å²) in [7, 11) is 0. The van der Waals surface area contributed by atoms with Crippen molar-refractivity contribution in [2.45, 2.75) is 83.1 Å². The Morgan fingerprint density at radius 3 is 2.25 bits per heavy atom. The van der Waals surface area contributed by atoms with Gasteiger partial charge in [0.1, 0.15) is 11.2 Å². The number of nitrogens with one attached hydrogen (secondary N) is 2. The summed E-state index contributed by atoms with van der Waals surface area (Å²) in [5.74, 6) is -0.450. The quantitative estimate of drug-likeness (QED) is 0.577. The van der Waals surface area contributed by atoms with Crippen LogP contribution in [0.15, 0.2) is 24.4 Å². The van der Waals surface area contributed by atoms with E-state index in [0.29, 0.717) is 11.1 Å². The number of nitrogens with zero attached hydrogens (tertiary/aromatic N) is 2. The van der Waals surface area contributed by atoms with Crippen LogP contribution in [0, 0.1) is 0 Å². The van der Waals surface area contributed by atoms with Gasteiger partial charge in [-0.1, -0.05) is 12.1 Å². The maximum atomic E-state index is 14.2. The molecule has 2 aliphatic heterocycles. The molecule has 1 aliphatic carbocycles. The van der Waals surface area contributed by atoms with Gasteiger partial charge in [-0.05, 0) is 72.1 Å². The standard InChI is InChI=1S/C26H32N4O6/c1-23(2,3)35-21(33)29-12-14-11-17-26(13-27-20(32)28-26)25(7,15-9-8-10-16(29)18(14)15)19(31)30(17)22(34)36-24(4,5)6/h8-10,12,17H,11,13H2,1-7H3,(H2,27,28,32)/t17-,25-,26+/m0/s1. The molecule has 2 N–H and O–H groups in total. The van der Waals surface area contributed by atoms with Gasteiger partial charge in [0.05, 0.1) is 22.5 Å². The summed E-state index contributed by atoms with van der Waals surface area (Å²) >= 11 is 0. The minimum absolute atomic E-state index is 0.158. The lowest BCUT2D eigenvalue weighted by Crippen LogP contribution is -2.63. The summed E-state index contributed by atoms with van der Waals surface area (Å²) in [6, 6.07) is 4.27. The minimum Gasteiger partial charge on any atom is -0.443 e. The molecule has 3 heterocycles. The first-order valence-electron chi connectivity index (χ1n) is 12.1. The lowest BCUT2D eigenvalue weighted by molar-refractivity contribution is -0.132. The molecule has 192 valence electrons. The molecule has 3 atom stereocenters. The number of aromatic nitrogens is 1. The van der Waals surface area contributed by atoms with E-state index in [0.717, 1.165) is 15.8 Å². The highest BCUT2D eigenvalue weighted by Crippen LogP contribution is 2.54. The van der Waals surface area contributed by atoms with Gasteiger partial charge in [0.15, 0.2) is 0 Å². The Balaban J connectivity index is 1.73. The zero-order valence-electron chi connectivity index (χ0n) is 21.6. The van der Waals surface area contributed by atoms with Gasteiger partial charge in [0.25, 0.3) is 0 Å². The van der Waals surface area contributed by atoms with Gasteiger partial charge in [-0.15, -0.1) is 0 Å². The Morgan fingerprint density at radius 2 is 1.67 bits per heavy atom. The van der Waals surface area contributed by atoms with Gasteiger partial charge in [-0.25, -0.2) is 19.3 Å². The molecule has 4 amide bonds. The molecule has 1 aromatic carbocycles. The Labute approximate surface area is 209 Å². The van der Waals surface area contributed by atoms with E-state index >= 15 is 0 Å². The van der Waals surface area contributed by atoms with Crippen LogP contribution in [0.3, 0.4) is 0 Å². The fourth-order valence-corrected chi connectivity index (χ4v) is 5.89. The third-order valence-electron chi connectivity index (χ3n) is 7.32. The van der Waals surface area contributed by atoms with Crippen molar-refractivity contribution in [1.29, 1.82) is 0 Å². The maximum absolute atomic E-state index is 14.2.